The Bertz CT molecular complexity index is 771. The van der Waals surface area contributed by atoms with Gasteiger partial charge in [0.05, 0.1) is 0 Å². The van der Waals surface area contributed by atoms with Gasteiger partial charge in [-0.25, -0.2) is 4.79 Å². The molecule has 5 heteroatoms. The van der Waals surface area contributed by atoms with Gasteiger partial charge >= 0.3 is 6.03 Å². The van der Waals surface area contributed by atoms with Crippen LogP contribution in [-0.2, 0) is 13.0 Å². The van der Waals surface area contributed by atoms with E-state index in [1.54, 1.807) is 4.90 Å². The minimum atomic E-state index is -0.0267. The molecule has 2 aromatic rings. The molecule has 1 aliphatic heterocycles. The lowest BCUT2D eigenvalue weighted by atomic mass is 10.1. The predicted molar refractivity (Wildman–Crippen MR) is 120 cm³/mol. The van der Waals surface area contributed by atoms with Crippen LogP contribution in [0.15, 0.2) is 54.6 Å². The van der Waals surface area contributed by atoms with Gasteiger partial charge in [-0.3, -0.25) is 0 Å². The van der Waals surface area contributed by atoms with Gasteiger partial charge in [-0.2, -0.15) is 0 Å². The minimum Gasteiger partial charge on any atom is -0.371 e. The average Bonchev–Trinajstić information content (AvgIpc) is 3.26. The zero-order valence-corrected chi connectivity index (χ0v) is 18.0. The number of urea groups is 1. The molecule has 0 saturated carbocycles. The van der Waals surface area contributed by atoms with E-state index >= 15 is 0 Å². The molecule has 29 heavy (non-hydrogen) atoms. The van der Waals surface area contributed by atoms with E-state index in [2.05, 4.69) is 77.7 Å². The molecule has 3 rings (SSSR count). The van der Waals surface area contributed by atoms with Crippen molar-refractivity contribution in [3.05, 3.63) is 65.7 Å². The summed E-state index contributed by atoms with van der Waals surface area (Å²) < 4.78 is 0. The molecule has 1 saturated heterocycles. The number of carbonyl (C=O) groups excluding carboxylic acids is 1. The third kappa shape index (κ3) is 5.97. The molecule has 2 aromatic carbocycles. The first-order valence-corrected chi connectivity index (χ1v) is 10.6. The number of hydrogen-bond acceptors (Lipinski definition) is 3. The Balaban J connectivity index is 1.56. The van der Waals surface area contributed by atoms with Gasteiger partial charge in [-0.15, -0.1) is 0 Å². The molecule has 1 unspecified atom stereocenters. The van der Waals surface area contributed by atoms with Crippen molar-refractivity contribution in [2.75, 3.05) is 45.7 Å². The maximum absolute atomic E-state index is 12.7. The van der Waals surface area contributed by atoms with E-state index in [1.807, 2.05) is 13.1 Å². The lowest BCUT2D eigenvalue weighted by molar-refractivity contribution is 0.200. The molecule has 2 amide bonds. The highest BCUT2D eigenvalue weighted by Crippen LogP contribution is 2.25. The maximum Gasteiger partial charge on any atom is 0.317 e. The van der Waals surface area contributed by atoms with E-state index in [1.165, 1.54) is 29.7 Å². The number of hydrogen-bond donors (Lipinski definition) is 1. The Morgan fingerprint density at radius 1 is 1.00 bits per heavy atom. The van der Waals surface area contributed by atoms with E-state index in [9.17, 15) is 4.79 Å². The van der Waals surface area contributed by atoms with Crippen molar-refractivity contribution in [1.29, 1.82) is 0 Å². The summed E-state index contributed by atoms with van der Waals surface area (Å²) in [7, 11) is 6.00. The molecule has 1 aliphatic rings. The normalized spacial score (nSPS) is 14.8. The lowest BCUT2D eigenvalue weighted by Gasteiger charge is -2.27. The Morgan fingerprint density at radius 2 is 1.66 bits per heavy atom. The van der Waals surface area contributed by atoms with E-state index in [0.717, 1.165) is 19.5 Å². The van der Waals surface area contributed by atoms with E-state index in [0.29, 0.717) is 13.1 Å². The SMILES string of the molecule is CN(Cc1ccccc1N1CCCC1)C(=O)NCC(Cc1ccccc1)N(C)C. The second-order valence-corrected chi connectivity index (χ2v) is 8.17. The first-order valence-electron chi connectivity index (χ1n) is 10.6. The van der Waals surface area contributed by atoms with Crippen molar-refractivity contribution in [1.82, 2.24) is 15.1 Å². The van der Waals surface area contributed by atoms with Gasteiger partial charge in [-0.05, 0) is 50.6 Å². The molecule has 0 spiro atoms. The quantitative estimate of drug-likeness (QED) is 0.744. The number of amides is 2. The molecular formula is C24H34N4O. The number of rotatable bonds is 8. The number of nitrogens with one attached hydrogen (secondary N) is 1. The van der Waals surface area contributed by atoms with E-state index in [-0.39, 0.29) is 12.1 Å². The van der Waals surface area contributed by atoms with Gasteiger partial charge in [0, 0.05) is 45.0 Å². The lowest BCUT2D eigenvalue weighted by Crippen LogP contribution is -2.45. The Kier molecular flexibility index (Phi) is 7.53. The van der Waals surface area contributed by atoms with Crippen LogP contribution in [0.2, 0.25) is 0 Å². The van der Waals surface area contributed by atoms with Crippen LogP contribution >= 0.6 is 0 Å². The van der Waals surface area contributed by atoms with Crippen molar-refractivity contribution in [2.24, 2.45) is 0 Å². The summed E-state index contributed by atoms with van der Waals surface area (Å²) in [6.07, 6.45) is 3.41. The zero-order chi connectivity index (χ0) is 20.6. The fourth-order valence-electron chi connectivity index (χ4n) is 3.90. The second kappa shape index (κ2) is 10.3. The Hall–Kier alpha value is -2.53. The van der Waals surface area contributed by atoms with Gasteiger partial charge < -0.3 is 20.0 Å². The first kappa shape index (κ1) is 21.2. The molecule has 0 aromatic heterocycles. The van der Waals surface area contributed by atoms with Crippen molar-refractivity contribution in [3.63, 3.8) is 0 Å². The van der Waals surface area contributed by atoms with Crippen LogP contribution in [0.1, 0.15) is 24.0 Å². The first-order chi connectivity index (χ1) is 14.0. The highest BCUT2D eigenvalue weighted by atomic mass is 16.2. The molecule has 1 atom stereocenters. The standard InChI is InChI=1S/C24H34N4O/c1-26(2)22(17-20-11-5-4-6-12-20)18-25-24(29)27(3)19-21-13-7-8-14-23(21)28-15-9-10-16-28/h4-8,11-14,22H,9-10,15-19H2,1-3H3,(H,25,29). The molecule has 1 fully saturated rings. The van der Waals surface area contributed by atoms with Crippen LogP contribution in [0.5, 0.6) is 0 Å². The Morgan fingerprint density at radius 3 is 2.34 bits per heavy atom. The molecule has 5 nitrogen and oxygen atoms in total. The maximum atomic E-state index is 12.7. The predicted octanol–water partition coefficient (Wildman–Crippen LogP) is 3.60. The van der Waals surface area contributed by atoms with Gasteiger partial charge in [-0.1, -0.05) is 48.5 Å². The zero-order valence-electron chi connectivity index (χ0n) is 18.0. The fraction of sp³-hybridized carbons (Fsp3) is 0.458. The van der Waals surface area contributed by atoms with Crippen molar-refractivity contribution in [2.45, 2.75) is 31.8 Å². The third-order valence-electron chi connectivity index (χ3n) is 5.73. The largest absolute Gasteiger partial charge is 0.371 e. The van der Waals surface area contributed by atoms with Crippen LogP contribution in [-0.4, -0.2) is 62.7 Å². The number of likely N-dealkylation sites (N-methyl/N-ethyl adjacent to an activating group) is 1. The number of carbonyl (C=O) groups is 1. The molecular weight excluding hydrogens is 360 g/mol. The third-order valence-corrected chi connectivity index (χ3v) is 5.73. The van der Waals surface area contributed by atoms with Crippen molar-refractivity contribution < 1.29 is 4.79 Å². The minimum absolute atomic E-state index is 0.0267. The summed E-state index contributed by atoms with van der Waals surface area (Å²) in [6.45, 7) is 3.45. The Labute approximate surface area is 175 Å². The van der Waals surface area contributed by atoms with Crippen molar-refractivity contribution >= 4 is 11.7 Å². The number of nitrogens with zero attached hydrogens (tertiary/aromatic N) is 3. The summed E-state index contributed by atoms with van der Waals surface area (Å²) in [5.41, 5.74) is 3.76. The van der Waals surface area contributed by atoms with Crippen LogP contribution in [0.4, 0.5) is 10.5 Å². The highest BCUT2D eigenvalue weighted by Gasteiger charge is 2.19. The van der Waals surface area contributed by atoms with Crippen LogP contribution < -0.4 is 10.2 Å². The second-order valence-electron chi connectivity index (χ2n) is 8.17. The summed E-state index contributed by atoms with van der Waals surface area (Å²) >= 11 is 0. The number of anilines is 1. The molecule has 0 radical (unpaired) electrons. The van der Waals surface area contributed by atoms with Crippen LogP contribution in [0, 0.1) is 0 Å². The highest BCUT2D eigenvalue weighted by molar-refractivity contribution is 5.74. The van der Waals surface area contributed by atoms with Gasteiger partial charge in [0.15, 0.2) is 0 Å². The molecule has 0 aliphatic carbocycles. The average molecular weight is 395 g/mol. The number of benzene rings is 2. The smallest absolute Gasteiger partial charge is 0.317 e. The molecule has 1 N–H and O–H groups in total. The van der Waals surface area contributed by atoms with E-state index in [4.69, 9.17) is 0 Å². The monoisotopic (exact) mass is 394 g/mol. The van der Waals surface area contributed by atoms with Gasteiger partial charge in [0.1, 0.15) is 0 Å². The summed E-state index contributed by atoms with van der Waals surface area (Å²) in [4.78, 5) is 19.1. The van der Waals surface area contributed by atoms with Crippen LogP contribution in [0.3, 0.4) is 0 Å². The van der Waals surface area contributed by atoms with E-state index < -0.39 is 0 Å². The summed E-state index contributed by atoms with van der Waals surface area (Å²) in [6, 6.07) is 19.1. The fourth-order valence-corrected chi connectivity index (χ4v) is 3.90. The van der Waals surface area contributed by atoms with Crippen molar-refractivity contribution in [3.8, 4) is 0 Å². The molecule has 1 heterocycles. The van der Waals surface area contributed by atoms with Crippen LogP contribution in [0.25, 0.3) is 0 Å². The molecule has 156 valence electrons. The summed E-state index contributed by atoms with van der Waals surface area (Å²) in [5, 5.41) is 3.13. The number of para-hydroxylation sites is 1. The topological polar surface area (TPSA) is 38.8 Å². The van der Waals surface area contributed by atoms with Gasteiger partial charge in [0.25, 0.3) is 0 Å². The summed E-state index contributed by atoms with van der Waals surface area (Å²) in [5.74, 6) is 0. The van der Waals surface area contributed by atoms with Gasteiger partial charge in [0.2, 0.25) is 0 Å². The molecule has 0 bridgehead atoms.